The second kappa shape index (κ2) is 7.86. The number of nitrogens with zero attached hydrogens (tertiary/aromatic N) is 3. The average Bonchev–Trinajstić information content (AvgIpc) is 3.51. The Morgan fingerprint density at radius 3 is 2.53 bits per heavy atom. The third-order valence-corrected chi connectivity index (χ3v) is 8.55. The van der Waals surface area contributed by atoms with Crippen molar-refractivity contribution >= 4 is 34.0 Å². The van der Waals surface area contributed by atoms with Crippen LogP contribution in [-0.4, -0.2) is 47.9 Å². The predicted molar refractivity (Wildman–Crippen MR) is 136 cm³/mol. The Bertz CT molecular complexity index is 1350. The SMILES string of the molecule is CC1(C)c2cc(N3CCC(N4CCCC4)CC3)c(Cl)cc2C(=O)c2c1[nH]c1cc(C#N)ccc21. The van der Waals surface area contributed by atoms with Crippen molar-refractivity contribution in [2.75, 3.05) is 31.1 Å². The number of halogens is 1. The van der Waals surface area contributed by atoms with Gasteiger partial charge in [-0.2, -0.15) is 5.26 Å². The van der Waals surface area contributed by atoms with Gasteiger partial charge in [0.05, 0.1) is 27.9 Å². The molecule has 0 atom stereocenters. The molecule has 0 amide bonds. The number of fused-ring (bicyclic) bond motifs is 4. The highest BCUT2D eigenvalue weighted by molar-refractivity contribution is 6.34. The molecular weight excluding hydrogens is 444 g/mol. The lowest BCUT2D eigenvalue weighted by molar-refractivity contribution is 0.103. The second-order valence-electron chi connectivity index (χ2n) is 10.5. The molecule has 2 aromatic carbocycles. The molecule has 3 aliphatic rings. The zero-order chi connectivity index (χ0) is 23.6. The van der Waals surface area contributed by atoms with Crippen molar-refractivity contribution in [1.82, 2.24) is 9.88 Å². The van der Waals surface area contributed by atoms with Crippen LogP contribution >= 0.6 is 11.6 Å². The van der Waals surface area contributed by atoms with E-state index < -0.39 is 5.41 Å². The summed E-state index contributed by atoms with van der Waals surface area (Å²) < 4.78 is 0. The number of rotatable bonds is 2. The molecule has 5 nitrogen and oxygen atoms in total. The Balaban J connectivity index is 1.38. The molecule has 1 aliphatic carbocycles. The van der Waals surface area contributed by atoms with Gasteiger partial charge in [0.15, 0.2) is 5.78 Å². The number of hydrogen-bond donors (Lipinski definition) is 1. The maximum absolute atomic E-state index is 13.7. The summed E-state index contributed by atoms with van der Waals surface area (Å²) in [5, 5.41) is 10.8. The number of anilines is 1. The fourth-order valence-corrected chi connectivity index (χ4v) is 6.61. The van der Waals surface area contributed by atoms with Gasteiger partial charge in [-0.25, -0.2) is 0 Å². The summed E-state index contributed by atoms with van der Waals surface area (Å²) in [5.74, 6) is 0.00137. The van der Waals surface area contributed by atoms with Gasteiger partial charge < -0.3 is 14.8 Å². The van der Waals surface area contributed by atoms with Gasteiger partial charge >= 0.3 is 0 Å². The van der Waals surface area contributed by atoms with Crippen molar-refractivity contribution in [2.24, 2.45) is 0 Å². The van der Waals surface area contributed by atoms with Crippen LogP contribution in [0.3, 0.4) is 0 Å². The highest BCUT2D eigenvalue weighted by atomic mass is 35.5. The molecule has 174 valence electrons. The van der Waals surface area contributed by atoms with E-state index >= 15 is 0 Å². The predicted octanol–water partition coefficient (Wildman–Crippen LogP) is 5.63. The summed E-state index contributed by atoms with van der Waals surface area (Å²) in [5.41, 5.74) is 5.36. The minimum Gasteiger partial charge on any atom is -0.370 e. The molecule has 34 heavy (non-hydrogen) atoms. The lowest BCUT2D eigenvalue weighted by Gasteiger charge is -2.39. The number of aromatic nitrogens is 1. The highest BCUT2D eigenvalue weighted by Gasteiger charge is 2.41. The smallest absolute Gasteiger partial charge is 0.195 e. The Kier molecular flexibility index (Phi) is 5.02. The van der Waals surface area contributed by atoms with Crippen LogP contribution in [0, 0.1) is 11.3 Å². The Hall–Kier alpha value is -2.81. The van der Waals surface area contributed by atoms with Gasteiger partial charge in [0.1, 0.15) is 0 Å². The summed E-state index contributed by atoms with van der Waals surface area (Å²) in [6, 6.07) is 12.4. The van der Waals surface area contributed by atoms with Crippen LogP contribution in [0.4, 0.5) is 5.69 Å². The Morgan fingerprint density at radius 2 is 1.82 bits per heavy atom. The number of benzene rings is 2. The lowest BCUT2D eigenvalue weighted by atomic mass is 9.71. The first-order chi connectivity index (χ1) is 16.4. The molecule has 6 rings (SSSR count). The molecule has 1 aromatic heterocycles. The van der Waals surface area contributed by atoms with Crippen molar-refractivity contribution < 1.29 is 4.79 Å². The first-order valence-electron chi connectivity index (χ1n) is 12.3. The Morgan fingerprint density at radius 1 is 1.09 bits per heavy atom. The van der Waals surface area contributed by atoms with Gasteiger partial charge in [-0.05, 0) is 68.6 Å². The van der Waals surface area contributed by atoms with Gasteiger partial charge in [0, 0.05) is 46.7 Å². The summed E-state index contributed by atoms with van der Waals surface area (Å²) in [7, 11) is 0. The first-order valence-corrected chi connectivity index (χ1v) is 12.7. The average molecular weight is 473 g/mol. The van der Waals surface area contributed by atoms with Crippen molar-refractivity contribution in [1.29, 1.82) is 5.26 Å². The molecule has 3 aromatic rings. The third kappa shape index (κ3) is 3.20. The highest BCUT2D eigenvalue weighted by Crippen LogP contribution is 2.46. The molecule has 0 saturated carbocycles. The van der Waals surface area contributed by atoms with Crippen LogP contribution in [0.5, 0.6) is 0 Å². The second-order valence-corrected chi connectivity index (χ2v) is 10.9. The van der Waals surface area contributed by atoms with Crippen molar-refractivity contribution in [3.8, 4) is 6.07 Å². The van der Waals surface area contributed by atoms with Gasteiger partial charge in [-0.15, -0.1) is 0 Å². The number of ketones is 1. The number of H-pyrrole nitrogens is 1. The van der Waals surface area contributed by atoms with Crippen molar-refractivity contribution in [3.05, 3.63) is 63.3 Å². The molecule has 0 bridgehead atoms. The summed E-state index contributed by atoms with van der Waals surface area (Å²) in [6.45, 7) is 8.78. The van der Waals surface area contributed by atoms with Gasteiger partial charge in [-0.1, -0.05) is 31.5 Å². The zero-order valence-corrected chi connectivity index (χ0v) is 20.5. The van der Waals surface area contributed by atoms with Crippen LogP contribution < -0.4 is 4.90 Å². The monoisotopic (exact) mass is 472 g/mol. The maximum atomic E-state index is 13.7. The van der Waals surface area contributed by atoms with E-state index in [1.54, 1.807) is 6.07 Å². The lowest BCUT2D eigenvalue weighted by Crippen LogP contribution is -2.44. The summed E-state index contributed by atoms with van der Waals surface area (Å²) >= 11 is 6.83. The van der Waals surface area contributed by atoms with Gasteiger partial charge in [0.25, 0.3) is 0 Å². The van der Waals surface area contributed by atoms with E-state index in [1.165, 1.54) is 25.9 Å². The molecule has 0 unspecified atom stereocenters. The van der Waals surface area contributed by atoms with E-state index in [0.717, 1.165) is 53.8 Å². The van der Waals surface area contributed by atoms with Crippen molar-refractivity contribution in [2.45, 2.75) is 51.0 Å². The van der Waals surface area contributed by atoms with Gasteiger partial charge in [0.2, 0.25) is 0 Å². The molecule has 0 spiro atoms. The third-order valence-electron chi connectivity index (χ3n) is 8.25. The quantitative estimate of drug-likeness (QED) is 0.525. The van der Waals surface area contributed by atoms with E-state index in [-0.39, 0.29) is 5.78 Å². The number of likely N-dealkylation sites (tertiary alicyclic amines) is 1. The standard InChI is InChI=1S/C28H29ClN4O/c1-28(2)21-15-24(33-11-7-18(8-12-33)32-9-3-4-10-32)22(29)14-20(21)26(34)25-19-6-5-17(16-30)13-23(19)31-27(25)28/h5-6,13-15,18,31H,3-4,7-12H2,1-2H3. The molecule has 0 radical (unpaired) electrons. The van der Waals surface area contributed by atoms with Crippen LogP contribution in [0.2, 0.25) is 5.02 Å². The number of nitrogens with one attached hydrogen (secondary N) is 1. The fraction of sp³-hybridized carbons (Fsp3) is 0.429. The van der Waals surface area contributed by atoms with Crippen LogP contribution in [0.25, 0.3) is 10.9 Å². The van der Waals surface area contributed by atoms with Crippen molar-refractivity contribution in [3.63, 3.8) is 0 Å². The molecule has 2 fully saturated rings. The molecule has 2 saturated heterocycles. The number of hydrogen-bond acceptors (Lipinski definition) is 4. The Labute approximate surface area is 205 Å². The van der Waals surface area contributed by atoms with Crippen LogP contribution in [0.15, 0.2) is 30.3 Å². The number of carbonyl (C=O) groups excluding carboxylic acids is 1. The largest absolute Gasteiger partial charge is 0.370 e. The minimum atomic E-state index is -0.391. The van der Waals surface area contributed by atoms with E-state index in [9.17, 15) is 10.1 Å². The summed E-state index contributed by atoms with van der Waals surface area (Å²) in [6.07, 6.45) is 4.97. The maximum Gasteiger partial charge on any atom is 0.195 e. The zero-order valence-electron chi connectivity index (χ0n) is 19.7. The van der Waals surface area contributed by atoms with Crippen LogP contribution in [0.1, 0.15) is 72.3 Å². The number of aromatic amines is 1. The number of carbonyl (C=O) groups is 1. The molecule has 6 heteroatoms. The summed E-state index contributed by atoms with van der Waals surface area (Å²) in [4.78, 5) is 22.2. The van der Waals surface area contributed by atoms with Gasteiger partial charge in [-0.3, -0.25) is 4.79 Å². The topological polar surface area (TPSA) is 63.1 Å². The van der Waals surface area contributed by atoms with Crippen LogP contribution in [-0.2, 0) is 5.41 Å². The first kappa shape index (κ1) is 21.7. The number of piperidine rings is 1. The molecule has 2 aliphatic heterocycles. The molecule has 3 heterocycles. The minimum absolute atomic E-state index is 0.00137. The molecular formula is C28H29ClN4O. The van der Waals surface area contributed by atoms with E-state index in [1.807, 2.05) is 18.2 Å². The fourth-order valence-electron chi connectivity index (χ4n) is 6.33. The normalized spacial score (nSPS) is 20.4. The van der Waals surface area contributed by atoms with E-state index in [4.69, 9.17) is 11.6 Å². The van der Waals surface area contributed by atoms with E-state index in [2.05, 4.69) is 40.8 Å². The molecule has 1 N–H and O–H groups in total. The number of nitriles is 1. The van der Waals surface area contributed by atoms with E-state index in [0.29, 0.717) is 27.8 Å².